The first-order valence-electron chi connectivity index (χ1n) is 9.25. The van der Waals surface area contributed by atoms with E-state index in [0.717, 1.165) is 12.0 Å². The van der Waals surface area contributed by atoms with Crippen LogP contribution in [0.25, 0.3) is 0 Å². The van der Waals surface area contributed by atoms with Crippen LogP contribution in [0.1, 0.15) is 78.6 Å². The van der Waals surface area contributed by atoms with Gasteiger partial charge in [0.1, 0.15) is 0 Å². The average molecular weight is 283 g/mol. The smallest absolute Gasteiger partial charge is 0.00649 e. The Kier molecular flexibility index (Phi) is 10.4. The van der Waals surface area contributed by atoms with Crippen LogP contribution in [-0.2, 0) is 0 Å². The lowest BCUT2D eigenvalue weighted by molar-refractivity contribution is 0.267. The van der Waals surface area contributed by atoms with E-state index in [1.54, 1.807) is 0 Å². The summed E-state index contributed by atoms with van der Waals surface area (Å²) in [6.07, 6.45) is 12.4. The van der Waals surface area contributed by atoms with E-state index in [1.807, 2.05) is 0 Å². The Morgan fingerprint density at radius 1 is 1.10 bits per heavy atom. The van der Waals surface area contributed by atoms with Crippen LogP contribution in [0.5, 0.6) is 0 Å². The van der Waals surface area contributed by atoms with E-state index in [2.05, 4.69) is 31.0 Å². The van der Waals surface area contributed by atoms with Gasteiger partial charge in [-0.3, -0.25) is 0 Å². The average Bonchev–Trinajstić information content (AvgIpc) is 2.69. The number of hydrogen-bond acceptors (Lipinski definition) is 2. The fourth-order valence-electron chi connectivity index (χ4n) is 3.51. The Morgan fingerprint density at radius 2 is 1.95 bits per heavy atom. The van der Waals surface area contributed by atoms with Gasteiger partial charge in [-0.2, -0.15) is 0 Å². The predicted octanol–water partition coefficient (Wildman–Crippen LogP) is 4.45. The van der Waals surface area contributed by atoms with Crippen LogP contribution in [-0.4, -0.2) is 37.1 Å². The highest BCUT2D eigenvalue weighted by atomic mass is 15.1. The van der Waals surface area contributed by atoms with Gasteiger partial charge in [0.2, 0.25) is 0 Å². The van der Waals surface area contributed by atoms with Crippen molar-refractivity contribution < 1.29 is 0 Å². The standard InChI is InChI=1S/C18H38N2/c1-4-9-17-10-7-14-20(16-12-17)15-8-11-18(6-3)19-13-5-2/h17-19H,4-16H2,1-3H3. The van der Waals surface area contributed by atoms with Crippen LogP contribution in [0.3, 0.4) is 0 Å². The Bertz CT molecular complexity index is 217. The minimum Gasteiger partial charge on any atom is -0.314 e. The summed E-state index contributed by atoms with van der Waals surface area (Å²) >= 11 is 0. The van der Waals surface area contributed by atoms with Gasteiger partial charge in [-0.05, 0) is 77.0 Å². The highest BCUT2D eigenvalue weighted by molar-refractivity contribution is 4.71. The van der Waals surface area contributed by atoms with Gasteiger partial charge in [0.15, 0.2) is 0 Å². The van der Waals surface area contributed by atoms with Gasteiger partial charge in [0.25, 0.3) is 0 Å². The monoisotopic (exact) mass is 282 g/mol. The maximum absolute atomic E-state index is 3.67. The van der Waals surface area contributed by atoms with Crippen molar-refractivity contribution in [2.45, 2.75) is 84.6 Å². The first kappa shape index (κ1) is 18.0. The lowest BCUT2D eigenvalue weighted by Crippen LogP contribution is -2.31. The van der Waals surface area contributed by atoms with Crippen LogP contribution in [0.15, 0.2) is 0 Å². The molecule has 1 fully saturated rings. The van der Waals surface area contributed by atoms with Gasteiger partial charge in [0.05, 0.1) is 0 Å². The second-order valence-corrected chi connectivity index (χ2v) is 6.63. The molecule has 0 amide bonds. The summed E-state index contributed by atoms with van der Waals surface area (Å²) in [4.78, 5) is 2.72. The highest BCUT2D eigenvalue weighted by Gasteiger charge is 2.16. The van der Waals surface area contributed by atoms with E-state index in [-0.39, 0.29) is 0 Å². The molecule has 0 saturated carbocycles. The predicted molar refractivity (Wildman–Crippen MR) is 90.3 cm³/mol. The second kappa shape index (κ2) is 11.6. The lowest BCUT2D eigenvalue weighted by Gasteiger charge is -2.22. The number of nitrogens with one attached hydrogen (secondary N) is 1. The SMILES string of the molecule is CCCNC(CC)CCCN1CCCC(CCC)CC1. The normalized spacial score (nSPS) is 22.6. The molecule has 1 saturated heterocycles. The van der Waals surface area contributed by atoms with Crippen molar-refractivity contribution in [1.29, 1.82) is 0 Å². The van der Waals surface area contributed by atoms with Crippen molar-refractivity contribution in [1.82, 2.24) is 10.2 Å². The van der Waals surface area contributed by atoms with Gasteiger partial charge in [-0.1, -0.05) is 33.6 Å². The zero-order chi connectivity index (χ0) is 14.6. The molecule has 0 aliphatic carbocycles. The molecule has 0 radical (unpaired) electrons. The zero-order valence-corrected chi connectivity index (χ0v) is 14.3. The van der Waals surface area contributed by atoms with Crippen LogP contribution >= 0.6 is 0 Å². The van der Waals surface area contributed by atoms with E-state index in [4.69, 9.17) is 0 Å². The van der Waals surface area contributed by atoms with Gasteiger partial charge in [-0.15, -0.1) is 0 Å². The minimum atomic E-state index is 0.745. The quantitative estimate of drug-likeness (QED) is 0.637. The Hall–Kier alpha value is -0.0800. The summed E-state index contributed by atoms with van der Waals surface area (Å²) in [5.74, 6) is 1.01. The van der Waals surface area contributed by atoms with Crippen LogP contribution in [0.4, 0.5) is 0 Å². The highest BCUT2D eigenvalue weighted by Crippen LogP contribution is 2.22. The summed E-state index contributed by atoms with van der Waals surface area (Å²) < 4.78 is 0. The number of hydrogen-bond donors (Lipinski definition) is 1. The molecule has 1 aliphatic heterocycles. The topological polar surface area (TPSA) is 15.3 Å². The summed E-state index contributed by atoms with van der Waals surface area (Å²) in [6, 6.07) is 0.745. The van der Waals surface area contributed by atoms with E-state index in [0.29, 0.717) is 0 Å². The van der Waals surface area contributed by atoms with Crippen molar-refractivity contribution in [3.8, 4) is 0 Å². The molecular formula is C18H38N2. The minimum absolute atomic E-state index is 0.745. The molecule has 2 nitrogen and oxygen atoms in total. The van der Waals surface area contributed by atoms with E-state index in [9.17, 15) is 0 Å². The molecule has 0 bridgehead atoms. The summed E-state index contributed by atoms with van der Waals surface area (Å²) in [5.41, 5.74) is 0. The van der Waals surface area contributed by atoms with Crippen LogP contribution in [0.2, 0.25) is 0 Å². The molecule has 1 heterocycles. The fourth-order valence-corrected chi connectivity index (χ4v) is 3.51. The molecule has 0 aromatic carbocycles. The second-order valence-electron chi connectivity index (χ2n) is 6.63. The molecule has 2 unspecified atom stereocenters. The van der Waals surface area contributed by atoms with Gasteiger partial charge >= 0.3 is 0 Å². The molecule has 1 rings (SSSR count). The Labute approximate surface area is 127 Å². The molecule has 0 aromatic heterocycles. The molecular weight excluding hydrogens is 244 g/mol. The Morgan fingerprint density at radius 3 is 2.65 bits per heavy atom. The summed E-state index contributed by atoms with van der Waals surface area (Å²) in [5, 5.41) is 3.67. The molecule has 0 spiro atoms. The first-order valence-corrected chi connectivity index (χ1v) is 9.25. The molecule has 0 aromatic rings. The van der Waals surface area contributed by atoms with E-state index < -0.39 is 0 Å². The molecule has 1 aliphatic rings. The maximum atomic E-state index is 3.67. The zero-order valence-electron chi connectivity index (χ0n) is 14.3. The number of nitrogens with zero attached hydrogens (tertiary/aromatic N) is 1. The van der Waals surface area contributed by atoms with Gasteiger partial charge in [-0.25, -0.2) is 0 Å². The lowest BCUT2D eigenvalue weighted by atomic mass is 9.96. The largest absolute Gasteiger partial charge is 0.314 e. The van der Waals surface area contributed by atoms with Crippen molar-refractivity contribution in [3.63, 3.8) is 0 Å². The van der Waals surface area contributed by atoms with E-state index in [1.165, 1.54) is 84.0 Å². The first-order chi connectivity index (χ1) is 9.80. The number of rotatable bonds is 10. The molecule has 2 heteroatoms. The van der Waals surface area contributed by atoms with Crippen LogP contribution < -0.4 is 5.32 Å². The molecule has 2 atom stereocenters. The molecule has 1 N–H and O–H groups in total. The summed E-state index contributed by atoms with van der Waals surface area (Å²) in [7, 11) is 0. The third kappa shape index (κ3) is 7.64. The number of likely N-dealkylation sites (tertiary alicyclic amines) is 1. The Balaban J connectivity index is 2.14. The van der Waals surface area contributed by atoms with E-state index >= 15 is 0 Å². The van der Waals surface area contributed by atoms with Crippen molar-refractivity contribution in [3.05, 3.63) is 0 Å². The third-order valence-electron chi connectivity index (χ3n) is 4.84. The van der Waals surface area contributed by atoms with Crippen molar-refractivity contribution in [2.24, 2.45) is 5.92 Å². The summed E-state index contributed by atoms with van der Waals surface area (Å²) in [6.45, 7) is 12.1. The third-order valence-corrected chi connectivity index (χ3v) is 4.84. The van der Waals surface area contributed by atoms with Gasteiger partial charge in [0, 0.05) is 6.04 Å². The van der Waals surface area contributed by atoms with Crippen molar-refractivity contribution in [2.75, 3.05) is 26.2 Å². The van der Waals surface area contributed by atoms with Crippen LogP contribution in [0, 0.1) is 5.92 Å². The fraction of sp³-hybridized carbons (Fsp3) is 1.00. The molecule has 20 heavy (non-hydrogen) atoms. The van der Waals surface area contributed by atoms with Gasteiger partial charge < -0.3 is 10.2 Å². The van der Waals surface area contributed by atoms with Crippen molar-refractivity contribution >= 4 is 0 Å². The molecule has 120 valence electrons. The maximum Gasteiger partial charge on any atom is 0.00649 e.